The third-order valence-corrected chi connectivity index (χ3v) is 4.41. The monoisotopic (exact) mass is 353 g/mol. The van der Waals surface area contributed by atoms with E-state index in [0.29, 0.717) is 37.4 Å². The van der Waals surface area contributed by atoms with Crippen molar-refractivity contribution in [2.45, 2.75) is 31.7 Å². The van der Waals surface area contributed by atoms with Gasteiger partial charge in [0.2, 0.25) is 5.91 Å². The maximum atomic E-state index is 11.6. The van der Waals surface area contributed by atoms with Gasteiger partial charge in [0.05, 0.1) is 5.75 Å². The Morgan fingerprint density at radius 2 is 1.95 bits per heavy atom. The Hall–Kier alpha value is -0.770. The normalized spacial score (nSPS) is 12.7. The lowest BCUT2D eigenvalue weighted by atomic mass is 10.1. The molecule has 9 heteroatoms. The number of nitrogens with two attached hydrogens (primary N) is 1. The summed E-state index contributed by atoms with van der Waals surface area (Å²) in [7, 11) is -2.98. The van der Waals surface area contributed by atoms with Gasteiger partial charge >= 0.3 is 0 Å². The van der Waals surface area contributed by atoms with Crippen LogP contribution in [0, 0.1) is 0 Å². The minimum atomic E-state index is -2.98. The van der Waals surface area contributed by atoms with E-state index in [0.717, 1.165) is 18.5 Å². The molecule has 1 atom stereocenters. The van der Waals surface area contributed by atoms with Gasteiger partial charge in [0.25, 0.3) is 0 Å². The Labute approximate surface area is 137 Å². The molecular weight excluding hydrogens is 326 g/mol. The van der Waals surface area contributed by atoms with E-state index >= 15 is 0 Å². The van der Waals surface area contributed by atoms with Crippen molar-refractivity contribution >= 4 is 27.8 Å². The Balaban J connectivity index is 3.73. The number of carbonyl (C=O) groups excluding carboxylic acids is 1. The van der Waals surface area contributed by atoms with Crippen molar-refractivity contribution in [3.05, 3.63) is 12.3 Å². The summed E-state index contributed by atoms with van der Waals surface area (Å²) in [6.45, 7) is 4.85. The Morgan fingerprint density at radius 3 is 2.55 bits per heavy atom. The third-order valence-electron chi connectivity index (χ3n) is 2.91. The zero-order valence-electron chi connectivity index (χ0n) is 13.0. The summed E-state index contributed by atoms with van der Waals surface area (Å²) < 4.78 is 30.4. The van der Waals surface area contributed by atoms with E-state index < -0.39 is 9.84 Å². The van der Waals surface area contributed by atoms with Crippen LogP contribution in [0.1, 0.15) is 25.7 Å². The highest BCUT2D eigenvalue weighted by atomic mass is 32.2. The van der Waals surface area contributed by atoms with Crippen LogP contribution >= 0.6 is 12.0 Å². The van der Waals surface area contributed by atoms with Gasteiger partial charge in [0.15, 0.2) is 0 Å². The molecule has 1 unspecified atom stereocenters. The molecule has 0 aromatic heterocycles. The van der Waals surface area contributed by atoms with Crippen molar-refractivity contribution in [1.29, 1.82) is 0 Å². The molecule has 130 valence electrons. The molecule has 5 N–H and O–H groups in total. The van der Waals surface area contributed by atoms with Crippen LogP contribution in [0.4, 0.5) is 0 Å². The number of amides is 1. The van der Waals surface area contributed by atoms with E-state index in [1.54, 1.807) is 0 Å². The topological polar surface area (TPSA) is 122 Å². The molecule has 0 saturated carbocycles. The molecule has 22 heavy (non-hydrogen) atoms. The van der Waals surface area contributed by atoms with E-state index in [1.807, 2.05) is 0 Å². The second-order valence-corrected chi connectivity index (χ2v) is 8.04. The van der Waals surface area contributed by atoms with Crippen molar-refractivity contribution in [3.63, 3.8) is 0 Å². The number of rotatable bonds is 13. The summed E-state index contributed by atoms with van der Waals surface area (Å²) in [5.41, 5.74) is 6.59. The average molecular weight is 354 g/mol. The fraction of sp³-hybridized carbons (Fsp3) is 0.769. The molecule has 0 aliphatic carbocycles. The van der Waals surface area contributed by atoms with Crippen LogP contribution in [-0.4, -0.2) is 55.8 Å². The Morgan fingerprint density at radius 1 is 1.32 bits per heavy atom. The molecule has 0 aromatic carbocycles. The van der Waals surface area contributed by atoms with E-state index in [2.05, 4.69) is 17.2 Å². The molecular formula is C13H27N3O4S2. The van der Waals surface area contributed by atoms with Gasteiger partial charge in [0, 0.05) is 43.3 Å². The van der Waals surface area contributed by atoms with Crippen LogP contribution in [0.3, 0.4) is 0 Å². The molecule has 0 saturated heterocycles. The smallest absolute Gasteiger partial charge is 0.220 e. The summed E-state index contributed by atoms with van der Waals surface area (Å²) in [6, 6.07) is -0.316. The predicted octanol–water partition coefficient (Wildman–Crippen LogP) is 0.344. The molecule has 1 amide bonds. The molecule has 0 radical (unpaired) electrons. The first-order chi connectivity index (χ1) is 10.3. The molecule has 0 bridgehead atoms. The highest BCUT2D eigenvalue weighted by Gasteiger charge is 2.10. The minimum absolute atomic E-state index is 0.0691. The molecule has 0 fully saturated rings. The minimum Gasteiger partial charge on any atom is -0.388 e. The summed E-state index contributed by atoms with van der Waals surface area (Å²) in [5.74, 6) is 0.568. The Bertz CT molecular complexity index is 441. The highest BCUT2D eigenvalue weighted by molar-refractivity contribution is 7.93. The van der Waals surface area contributed by atoms with E-state index in [9.17, 15) is 13.2 Å². The van der Waals surface area contributed by atoms with Crippen molar-refractivity contribution in [2.75, 3.05) is 30.9 Å². The fourth-order valence-corrected chi connectivity index (χ4v) is 2.57. The van der Waals surface area contributed by atoms with Crippen LogP contribution < -0.4 is 16.4 Å². The van der Waals surface area contributed by atoms with Crippen molar-refractivity contribution in [1.82, 2.24) is 10.6 Å². The molecule has 0 heterocycles. The first-order valence-corrected chi connectivity index (χ1v) is 10.2. The van der Waals surface area contributed by atoms with Gasteiger partial charge in [-0.25, -0.2) is 8.42 Å². The predicted molar refractivity (Wildman–Crippen MR) is 91.4 cm³/mol. The standard InChI is InChI=1S/C13H27N3O4S2/c1-11(15-7-3-9-21-18)12(14)5-6-13(17)16-8-4-10-22(2,19)20/h12,15,18H,1,3-10,14H2,2H3,(H,16,17). The van der Waals surface area contributed by atoms with E-state index in [4.69, 9.17) is 10.3 Å². The quantitative estimate of drug-likeness (QED) is 0.278. The van der Waals surface area contributed by atoms with Crippen molar-refractivity contribution in [3.8, 4) is 0 Å². The highest BCUT2D eigenvalue weighted by Crippen LogP contribution is 2.02. The maximum Gasteiger partial charge on any atom is 0.220 e. The second-order valence-electron chi connectivity index (χ2n) is 5.12. The van der Waals surface area contributed by atoms with Crippen molar-refractivity contribution < 1.29 is 17.8 Å². The lowest BCUT2D eigenvalue weighted by Crippen LogP contribution is -2.33. The molecule has 0 spiro atoms. The van der Waals surface area contributed by atoms with Crippen LogP contribution in [0.5, 0.6) is 0 Å². The number of hydrogen-bond donors (Lipinski definition) is 4. The number of sulfone groups is 1. The van der Waals surface area contributed by atoms with Gasteiger partial charge in [-0.05, 0) is 31.3 Å². The summed E-state index contributed by atoms with van der Waals surface area (Å²) in [4.78, 5) is 11.6. The molecule has 0 aliphatic heterocycles. The van der Waals surface area contributed by atoms with Gasteiger partial charge in [-0.1, -0.05) is 6.58 Å². The zero-order valence-corrected chi connectivity index (χ0v) is 14.6. The molecule has 0 aliphatic rings. The lowest BCUT2D eigenvalue weighted by Gasteiger charge is -2.16. The summed E-state index contributed by atoms with van der Waals surface area (Å²) in [5, 5.41) is 5.74. The molecule has 7 nitrogen and oxygen atoms in total. The van der Waals surface area contributed by atoms with Gasteiger partial charge < -0.3 is 20.9 Å². The number of hydrogen-bond acceptors (Lipinski definition) is 7. The Kier molecular flexibility index (Phi) is 11.3. The largest absolute Gasteiger partial charge is 0.388 e. The van der Waals surface area contributed by atoms with Gasteiger partial charge in [-0.2, -0.15) is 0 Å². The second kappa shape index (κ2) is 11.8. The SMILES string of the molecule is C=C(NCCCSO)C(N)CCC(=O)NCCCS(C)(=O)=O. The molecule has 0 aromatic rings. The van der Waals surface area contributed by atoms with E-state index in [-0.39, 0.29) is 24.1 Å². The zero-order chi connectivity index (χ0) is 17.0. The van der Waals surface area contributed by atoms with Crippen LogP contribution in [0.25, 0.3) is 0 Å². The van der Waals surface area contributed by atoms with Crippen LogP contribution in [0.15, 0.2) is 12.3 Å². The molecule has 0 rings (SSSR count). The first-order valence-electron chi connectivity index (χ1n) is 7.15. The average Bonchev–Trinajstić information content (AvgIpc) is 2.44. The van der Waals surface area contributed by atoms with Gasteiger partial charge in [-0.15, -0.1) is 0 Å². The van der Waals surface area contributed by atoms with Crippen molar-refractivity contribution in [2.24, 2.45) is 5.73 Å². The van der Waals surface area contributed by atoms with E-state index in [1.165, 1.54) is 6.26 Å². The van der Waals surface area contributed by atoms with Gasteiger partial charge in [0.1, 0.15) is 9.84 Å². The third kappa shape index (κ3) is 12.9. The lowest BCUT2D eigenvalue weighted by molar-refractivity contribution is -0.121. The van der Waals surface area contributed by atoms with Crippen LogP contribution in [-0.2, 0) is 14.6 Å². The number of carbonyl (C=O) groups is 1. The summed E-state index contributed by atoms with van der Waals surface area (Å²) in [6.07, 6.45) is 3.12. The number of nitrogens with one attached hydrogen (secondary N) is 2. The fourth-order valence-electron chi connectivity index (χ4n) is 1.63. The maximum absolute atomic E-state index is 11.6. The summed E-state index contributed by atoms with van der Waals surface area (Å²) >= 11 is 0.795. The first kappa shape index (κ1) is 21.2. The van der Waals surface area contributed by atoms with Crippen LogP contribution in [0.2, 0.25) is 0 Å². The van der Waals surface area contributed by atoms with Gasteiger partial charge in [-0.3, -0.25) is 4.79 Å².